The minimum atomic E-state index is -0.658. The van der Waals surface area contributed by atoms with Crippen molar-refractivity contribution >= 4 is 22.8 Å². The van der Waals surface area contributed by atoms with Gasteiger partial charge in [0.1, 0.15) is 17.8 Å². The van der Waals surface area contributed by atoms with Gasteiger partial charge in [-0.05, 0) is 25.5 Å². The zero-order valence-corrected chi connectivity index (χ0v) is 12.6. The topological polar surface area (TPSA) is 109 Å². The Morgan fingerprint density at radius 2 is 2.09 bits per heavy atom. The summed E-state index contributed by atoms with van der Waals surface area (Å²) in [7, 11) is 0. The fourth-order valence-electron chi connectivity index (χ4n) is 2.31. The number of fused-ring (bicyclic) bond motifs is 1. The van der Waals surface area contributed by atoms with E-state index >= 15 is 0 Å². The molecule has 3 aromatic rings. The lowest BCUT2D eigenvalue weighted by Gasteiger charge is -2.07. The van der Waals surface area contributed by atoms with Gasteiger partial charge in [0.15, 0.2) is 0 Å². The lowest BCUT2D eigenvalue weighted by atomic mass is 10.1. The van der Waals surface area contributed by atoms with Gasteiger partial charge in [0.2, 0.25) is 5.88 Å². The number of rotatable bonds is 3. The number of carbonyl (C=O) groups is 1. The molecule has 0 radical (unpaired) electrons. The Kier molecular flexibility index (Phi) is 3.61. The van der Waals surface area contributed by atoms with E-state index in [9.17, 15) is 9.59 Å². The van der Waals surface area contributed by atoms with Crippen molar-refractivity contribution < 1.29 is 18.5 Å². The molecule has 1 aromatic carbocycles. The Morgan fingerprint density at radius 3 is 2.78 bits per heavy atom. The van der Waals surface area contributed by atoms with Crippen LogP contribution >= 0.6 is 0 Å². The van der Waals surface area contributed by atoms with Crippen LogP contribution in [0.2, 0.25) is 0 Å². The van der Waals surface area contributed by atoms with E-state index < -0.39 is 11.6 Å². The number of esters is 1. The smallest absolute Gasteiger partial charge is 0.346 e. The molecule has 0 aliphatic heterocycles. The van der Waals surface area contributed by atoms with Gasteiger partial charge in [-0.15, -0.1) is 0 Å². The summed E-state index contributed by atoms with van der Waals surface area (Å²) in [6.07, 6.45) is 0. The highest BCUT2D eigenvalue weighted by Gasteiger charge is 2.20. The van der Waals surface area contributed by atoms with Crippen molar-refractivity contribution in [2.75, 3.05) is 5.73 Å². The number of benzene rings is 1. The van der Waals surface area contributed by atoms with Crippen LogP contribution in [0.5, 0.6) is 0 Å². The second-order valence-corrected chi connectivity index (χ2v) is 5.17. The third-order valence-corrected chi connectivity index (χ3v) is 3.44. The first kappa shape index (κ1) is 14.8. The number of nitrogens with two attached hydrogens (primary N) is 1. The van der Waals surface area contributed by atoms with Gasteiger partial charge in [-0.1, -0.05) is 17.3 Å². The Labute approximate surface area is 130 Å². The molecule has 0 saturated heterocycles. The van der Waals surface area contributed by atoms with Crippen LogP contribution in [-0.4, -0.2) is 11.1 Å². The van der Waals surface area contributed by atoms with E-state index in [0.29, 0.717) is 22.2 Å². The molecule has 0 aliphatic rings. The van der Waals surface area contributed by atoms with Gasteiger partial charge in [-0.25, -0.2) is 9.59 Å². The van der Waals surface area contributed by atoms with Crippen molar-refractivity contribution in [2.24, 2.45) is 0 Å². The number of hydrogen-bond donors (Lipinski definition) is 1. The highest BCUT2D eigenvalue weighted by Crippen LogP contribution is 2.21. The molecule has 3 rings (SSSR count). The maximum absolute atomic E-state index is 12.1. The zero-order valence-electron chi connectivity index (χ0n) is 12.6. The SMILES string of the molecule is Cc1ccc2c(COC(=O)c3c(C)noc3N)cc(=O)oc2c1. The van der Waals surface area contributed by atoms with E-state index in [1.54, 1.807) is 13.0 Å². The third kappa shape index (κ3) is 2.80. The van der Waals surface area contributed by atoms with Crippen molar-refractivity contribution in [1.82, 2.24) is 5.16 Å². The molecule has 0 fully saturated rings. The van der Waals surface area contributed by atoms with Crippen LogP contribution in [-0.2, 0) is 11.3 Å². The summed E-state index contributed by atoms with van der Waals surface area (Å²) in [5, 5.41) is 4.31. The summed E-state index contributed by atoms with van der Waals surface area (Å²) in [5.41, 5.74) is 7.44. The Bertz CT molecular complexity index is 935. The van der Waals surface area contributed by atoms with Crippen LogP contribution in [0.15, 0.2) is 38.0 Å². The standard InChI is InChI=1S/C16H14N2O5/c1-8-3-4-11-10(6-13(19)22-12(11)5-8)7-21-16(20)14-9(2)18-23-15(14)17/h3-6H,7,17H2,1-2H3. The quantitative estimate of drug-likeness (QED) is 0.583. The average molecular weight is 314 g/mol. The van der Waals surface area contributed by atoms with Crippen LogP contribution in [0, 0.1) is 13.8 Å². The number of anilines is 1. The minimum absolute atomic E-state index is 0.0892. The summed E-state index contributed by atoms with van der Waals surface area (Å²) in [5.74, 6) is -0.754. The number of nitrogens with zero attached hydrogens (tertiary/aromatic N) is 1. The summed E-state index contributed by atoms with van der Waals surface area (Å²) in [6.45, 7) is 3.39. The molecule has 0 atom stereocenters. The molecule has 0 spiro atoms. The molecule has 23 heavy (non-hydrogen) atoms. The minimum Gasteiger partial charge on any atom is -0.457 e. The normalized spacial score (nSPS) is 10.9. The Morgan fingerprint density at radius 1 is 1.30 bits per heavy atom. The molecular weight excluding hydrogens is 300 g/mol. The van der Waals surface area contributed by atoms with Crippen LogP contribution in [0.3, 0.4) is 0 Å². The van der Waals surface area contributed by atoms with Crippen LogP contribution in [0.4, 0.5) is 5.88 Å². The lowest BCUT2D eigenvalue weighted by Crippen LogP contribution is -2.10. The van der Waals surface area contributed by atoms with Crippen LogP contribution < -0.4 is 11.4 Å². The molecule has 0 bridgehead atoms. The molecule has 7 nitrogen and oxygen atoms in total. The van der Waals surface area contributed by atoms with Crippen molar-refractivity contribution in [1.29, 1.82) is 0 Å². The molecule has 0 aliphatic carbocycles. The van der Waals surface area contributed by atoms with E-state index in [2.05, 4.69) is 5.16 Å². The third-order valence-electron chi connectivity index (χ3n) is 3.44. The molecular formula is C16H14N2O5. The summed E-state index contributed by atoms with van der Waals surface area (Å²) in [4.78, 5) is 23.7. The summed E-state index contributed by atoms with van der Waals surface area (Å²) in [6, 6.07) is 6.75. The van der Waals surface area contributed by atoms with Crippen molar-refractivity contribution in [3.63, 3.8) is 0 Å². The summed E-state index contributed by atoms with van der Waals surface area (Å²) >= 11 is 0. The lowest BCUT2D eigenvalue weighted by molar-refractivity contribution is 0.0474. The van der Waals surface area contributed by atoms with E-state index in [-0.39, 0.29) is 18.1 Å². The van der Waals surface area contributed by atoms with Gasteiger partial charge >= 0.3 is 11.6 Å². The van der Waals surface area contributed by atoms with E-state index in [0.717, 1.165) is 5.56 Å². The van der Waals surface area contributed by atoms with Crippen molar-refractivity contribution in [3.8, 4) is 0 Å². The molecule has 2 aromatic heterocycles. The van der Waals surface area contributed by atoms with Gasteiger partial charge < -0.3 is 19.4 Å². The van der Waals surface area contributed by atoms with Gasteiger partial charge in [0.05, 0.1) is 5.69 Å². The number of aryl methyl sites for hydroxylation is 2. The monoisotopic (exact) mass is 314 g/mol. The molecule has 0 unspecified atom stereocenters. The summed E-state index contributed by atoms with van der Waals surface area (Å²) < 4.78 is 15.1. The predicted molar refractivity (Wildman–Crippen MR) is 82.0 cm³/mol. The maximum Gasteiger partial charge on any atom is 0.346 e. The average Bonchev–Trinajstić information content (AvgIpc) is 2.83. The number of ether oxygens (including phenoxy) is 1. The van der Waals surface area contributed by atoms with Gasteiger partial charge in [0, 0.05) is 17.0 Å². The maximum atomic E-state index is 12.1. The largest absolute Gasteiger partial charge is 0.457 e. The Balaban J connectivity index is 1.90. The first-order valence-electron chi connectivity index (χ1n) is 6.88. The predicted octanol–water partition coefficient (Wildman–Crippen LogP) is 2.34. The van der Waals surface area contributed by atoms with Gasteiger partial charge in [-0.3, -0.25) is 0 Å². The second kappa shape index (κ2) is 5.60. The number of aromatic nitrogens is 1. The van der Waals surface area contributed by atoms with Gasteiger partial charge in [0.25, 0.3) is 0 Å². The molecule has 0 amide bonds. The van der Waals surface area contributed by atoms with Crippen LogP contribution in [0.25, 0.3) is 11.0 Å². The number of nitrogen functional groups attached to an aromatic ring is 1. The molecule has 0 saturated carbocycles. The van der Waals surface area contributed by atoms with Crippen molar-refractivity contribution in [3.05, 3.63) is 57.1 Å². The van der Waals surface area contributed by atoms with Gasteiger partial charge in [-0.2, -0.15) is 0 Å². The first-order valence-corrected chi connectivity index (χ1v) is 6.88. The van der Waals surface area contributed by atoms with Crippen molar-refractivity contribution in [2.45, 2.75) is 20.5 Å². The van der Waals surface area contributed by atoms with Crippen LogP contribution in [0.1, 0.15) is 27.2 Å². The highest BCUT2D eigenvalue weighted by atomic mass is 16.5. The fourth-order valence-corrected chi connectivity index (χ4v) is 2.31. The molecule has 118 valence electrons. The fraction of sp³-hybridized carbons (Fsp3) is 0.188. The Hall–Kier alpha value is -3.09. The van der Waals surface area contributed by atoms with E-state index in [4.69, 9.17) is 19.4 Å². The van der Waals surface area contributed by atoms with E-state index in [1.165, 1.54) is 6.07 Å². The molecule has 7 heteroatoms. The molecule has 2 N–H and O–H groups in total. The highest BCUT2D eigenvalue weighted by molar-refractivity contribution is 5.95. The first-order chi connectivity index (χ1) is 11.0. The second-order valence-electron chi connectivity index (χ2n) is 5.17. The number of hydrogen-bond acceptors (Lipinski definition) is 7. The van der Waals surface area contributed by atoms with E-state index in [1.807, 2.05) is 19.1 Å². The molecule has 2 heterocycles. The number of carbonyl (C=O) groups excluding carboxylic acids is 1. The zero-order chi connectivity index (χ0) is 16.6.